The molecule has 1 rings (SSSR count). The maximum Gasteiger partial charge on any atom is 0.165 e. The highest BCUT2D eigenvalue weighted by molar-refractivity contribution is 9.10. The van der Waals surface area contributed by atoms with Crippen LogP contribution in [-0.2, 0) is 6.42 Å². The minimum absolute atomic E-state index is 0.0803. The second-order valence-electron chi connectivity index (χ2n) is 3.90. The molecule has 90 valence electrons. The number of ether oxygens (including phenoxy) is 2. The number of benzene rings is 1. The smallest absolute Gasteiger partial charge is 0.165 e. The summed E-state index contributed by atoms with van der Waals surface area (Å²) in [5.41, 5.74) is 8.02. The molecule has 0 saturated carbocycles. The number of rotatable bonds is 4. The molecule has 0 fully saturated rings. The Kier molecular flexibility index (Phi) is 4.62. The van der Waals surface area contributed by atoms with E-state index in [1.165, 1.54) is 0 Å². The van der Waals surface area contributed by atoms with Crippen molar-refractivity contribution in [2.45, 2.75) is 26.3 Å². The molecule has 0 aliphatic carbocycles. The Morgan fingerprint density at radius 2 is 2.00 bits per heavy atom. The molecule has 0 saturated heterocycles. The zero-order valence-corrected chi connectivity index (χ0v) is 11.7. The van der Waals surface area contributed by atoms with Crippen molar-refractivity contribution in [2.75, 3.05) is 14.2 Å². The minimum Gasteiger partial charge on any atom is -0.493 e. The van der Waals surface area contributed by atoms with E-state index in [1.54, 1.807) is 14.2 Å². The van der Waals surface area contributed by atoms with Crippen molar-refractivity contribution in [1.29, 1.82) is 0 Å². The van der Waals surface area contributed by atoms with Crippen LogP contribution in [0.1, 0.15) is 18.1 Å². The average molecular weight is 288 g/mol. The third kappa shape index (κ3) is 2.68. The molecule has 1 aromatic carbocycles. The lowest BCUT2D eigenvalue weighted by Gasteiger charge is -2.17. The summed E-state index contributed by atoms with van der Waals surface area (Å²) in [5, 5.41) is 0. The topological polar surface area (TPSA) is 44.5 Å². The molecular formula is C12H18BrNO2. The van der Waals surface area contributed by atoms with Crippen molar-refractivity contribution in [1.82, 2.24) is 0 Å². The van der Waals surface area contributed by atoms with Gasteiger partial charge in [-0.1, -0.05) is 15.9 Å². The predicted octanol–water partition coefficient (Wildman–Crippen LogP) is 2.66. The Morgan fingerprint density at radius 1 is 1.38 bits per heavy atom. The summed E-state index contributed by atoms with van der Waals surface area (Å²) in [6, 6.07) is 2.03. The molecule has 0 aromatic heterocycles. The molecular weight excluding hydrogens is 270 g/mol. The third-order valence-corrected chi connectivity index (χ3v) is 3.51. The van der Waals surface area contributed by atoms with Crippen molar-refractivity contribution < 1.29 is 9.47 Å². The zero-order chi connectivity index (χ0) is 12.3. The molecule has 3 nitrogen and oxygen atoms in total. The highest BCUT2D eigenvalue weighted by atomic mass is 79.9. The molecule has 0 amide bonds. The van der Waals surface area contributed by atoms with E-state index in [0.29, 0.717) is 0 Å². The molecule has 0 bridgehead atoms. The highest BCUT2D eigenvalue weighted by Gasteiger charge is 2.17. The Balaban J connectivity index is 3.34. The number of methoxy groups -OCH3 is 2. The fourth-order valence-electron chi connectivity index (χ4n) is 1.69. The largest absolute Gasteiger partial charge is 0.493 e. The molecule has 1 atom stereocenters. The van der Waals surface area contributed by atoms with Gasteiger partial charge in [0.25, 0.3) is 0 Å². The van der Waals surface area contributed by atoms with Gasteiger partial charge in [-0.2, -0.15) is 0 Å². The Labute approximate surface area is 105 Å². The van der Waals surface area contributed by atoms with Crippen molar-refractivity contribution in [3.63, 3.8) is 0 Å². The Hall–Kier alpha value is -0.740. The van der Waals surface area contributed by atoms with Crippen LogP contribution in [0.5, 0.6) is 11.5 Å². The Bertz CT molecular complexity index is 378. The van der Waals surface area contributed by atoms with Gasteiger partial charge >= 0.3 is 0 Å². The monoisotopic (exact) mass is 287 g/mol. The molecule has 1 unspecified atom stereocenters. The molecule has 0 heterocycles. The normalized spacial score (nSPS) is 12.4. The summed E-state index contributed by atoms with van der Waals surface area (Å²) >= 11 is 3.57. The number of hydrogen-bond acceptors (Lipinski definition) is 3. The van der Waals surface area contributed by atoms with Crippen LogP contribution in [0.4, 0.5) is 0 Å². The summed E-state index contributed by atoms with van der Waals surface area (Å²) in [6.07, 6.45) is 0.752. The van der Waals surface area contributed by atoms with Gasteiger partial charge in [0.1, 0.15) is 0 Å². The van der Waals surface area contributed by atoms with Gasteiger partial charge in [0.2, 0.25) is 0 Å². The van der Waals surface area contributed by atoms with Gasteiger partial charge in [0.05, 0.1) is 14.2 Å². The molecule has 0 aliphatic rings. The molecule has 0 aliphatic heterocycles. The number of hydrogen-bond donors (Lipinski definition) is 1. The standard InChI is InChI=1S/C12H18BrNO2/c1-7-5-10(15-3)12(16-4)9(11(7)13)6-8(2)14/h5,8H,6,14H2,1-4H3. The van der Waals surface area contributed by atoms with Crippen LogP contribution >= 0.6 is 15.9 Å². The van der Waals surface area contributed by atoms with E-state index in [-0.39, 0.29) is 6.04 Å². The van der Waals surface area contributed by atoms with E-state index in [2.05, 4.69) is 15.9 Å². The van der Waals surface area contributed by atoms with E-state index < -0.39 is 0 Å². The molecule has 4 heteroatoms. The molecule has 1 aromatic rings. The summed E-state index contributed by atoms with van der Waals surface area (Å²) in [4.78, 5) is 0. The van der Waals surface area contributed by atoms with Crippen LogP contribution in [0.25, 0.3) is 0 Å². The first kappa shape index (κ1) is 13.3. The minimum atomic E-state index is 0.0803. The lowest BCUT2D eigenvalue weighted by molar-refractivity contribution is 0.350. The van der Waals surface area contributed by atoms with Crippen LogP contribution in [-0.4, -0.2) is 20.3 Å². The number of halogens is 1. The quantitative estimate of drug-likeness (QED) is 0.926. The Morgan fingerprint density at radius 3 is 2.44 bits per heavy atom. The van der Waals surface area contributed by atoms with E-state index in [0.717, 1.165) is 33.5 Å². The number of aryl methyl sites for hydroxylation is 1. The number of nitrogens with two attached hydrogens (primary N) is 1. The molecule has 0 spiro atoms. The molecule has 16 heavy (non-hydrogen) atoms. The van der Waals surface area contributed by atoms with E-state index in [4.69, 9.17) is 15.2 Å². The van der Waals surface area contributed by atoms with Gasteiger partial charge < -0.3 is 15.2 Å². The van der Waals surface area contributed by atoms with Crippen molar-refractivity contribution in [3.8, 4) is 11.5 Å². The zero-order valence-electron chi connectivity index (χ0n) is 10.1. The summed E-state index contributed by atoms with van der Waals surface area (Å²) in [5.74, 6) is 1.51. The average Bonchev–Trinajstić information content (AvgIpc) is 2.23. The third-order valence-electron chi connectivity index (χ3n) is 2.41. The van der Waals surface area contributed by atoms with Crippen molar-refractivity contribution >= 4 is 15.9 Å². The highest BCUT2D eigenvalue weighted by Crippen LogP contribution is 2.39. The molecule has 0 radical (unpaired) electrons. The van der Waals surface area contributed by atoms with Gasteiger partial charge in [-0.15, -0.1) is 0 Å². The first-order valence-corrected chi connectivity index (χ1v) is 5.96. The first-order chi connectivity index (χ1) is 7.51. The second kappa shape index (κ2) is 5.55. The van der Waals surface area contributed by atoms with Gasteiger partial charge in [0.15, 0.2) is 11.5 Å². The van der Waals surface area contributed by atoms with Crippen LogP contribution in [0.15, 0.2) is 10.5 Å². The fourth-order valence-corrected chi connectivity index (χ4v) is 2.15. The predicted molar refractivity (Wildman–Crippen MR) is 69.3 cm³/mol. The van der Waals surface area contributed by atoms with Gasteiger partial charge in [-0.05, 0) is 31.9 Å². The maximum atomic E-state index is 5.84. The lowest BCUT2D eigenvalue weighted by atomic mass is 10.0. The summed E-state index contributed by atoms with van der Waals surface area (Å²) in [6.45, 7) is 4.00. The van der Waals surface area contributed by atoms with Gasteiger partial charge in [-0.3, -0.25) is 0 Å². The van der Waals surface area contributed by atoms with Crippen molar-refractivity contribution in [3.05, 3.63) is 21.7 Å². The van der Waals surface area contributed by atoms with Crippen LogP contribution in [0, 0.1) is 6.92 Å². The van der Waals surface area contributed by atoms with Crippen LogP contribution in [0.3, 0.4) is 0 Å². The van der Waals surface area contributed by atoms with Crippen molar-refractivity contribution in [2.24, 2.45) is 5.73 Å². The summed E-state index contributed by atoms with van der Waals surface area (Å²) < 4.78 is 11.7. The van der Waals surface area contributed by atoms with Crippen LogP contribution in [0.2, 0.25) is 0 Å². The first-order valence-electron chi connectivity index (χ1n) is 5.16. The maximum absolute atomic E-state index is 5.84. The SMILES string of the molecule is COc1cc(C)c(Br)c(CC(C)N)c1OC. The van der Waals surface area contributed by atoms with Gasteiger partial charge in [-0.25, -0.2) is 0 Å². The fraction of sp³-hybridized carbons (Fsp3) is 0.500. The van der Waals surface area contributed by atoms with Crippen LogP contribution < -0.4 is 15.2 Å². The van der Waals surface area contributed by atoms with Gasteiger partial charge in [0, 0.05) is 16.1 Å². The van der Waals surface area contributed by atoms with E-state index in [9.17, 15) is 0 Å². The van der Waals surface area contributed by atoms with E-state index >= 15 is 0 Å². The van der Waals surface area contributed by atoms with E-state index in [1.807, 2.05) is 19.9 Å². The molecule has 2 N–H and O–H groups in total. The summed E-state index contributed by atoms with van der Waals surface area (Å²) in [7, 11) is 3.28. The lowest BCUT2D eigenvalue weighted by Crippen LogP contribution is -2.19. The second-order valence-corrected chi connectivity index (χ2v) is 4.70.